The summed E-state index contributed by atoms with van der Waals surface area (Å²) >= 11 is 1.75. The fraction of sp³-hybridized carbons (Fsp3) is 0.667. The van der Waals surface area contributed by atoms with Crippen molar-refractivity contribution >= 4 is 11.3 Å². The molecule has 0 aromatic carbocycles. The minimum absolute atomic E-state index is 0.116. The molecule has 0 radical (unpaired) electrons. The molecule has 2 atom stereocenters. The van der Waals surface area contributed by atoms with Crippen LogP contribution in [0.15, 0.2) is 9.90 Å². The third-order valence-electron chi connectivity index (χ3n) is 4.69. The van der Waals surface area contributed by atoms with Gasteiger partial charge in [0, 0.05) is 41.9 Å². The molecule has 0 saturated carbocycles. The predicted molar refractivity (Wildman–Crippen MR) is 81.6 cm³/mol. The second kappa shape index (κ2) is 5.40. The lowest BCUT2D eigenvalue weighted by molar-refractivity contribution is 0.122. The Kier molecular flexibility index (Phi) is 3.51. The fourth-order valence-corrected chi connectivity index (χ4v) is 4.51. The van der Waals surface area contributed by atoms with E-state index in [4.69, 9.17) is 9.26 Å². The van der Waals surface area contributed by atoms with Crippen LogP contribution in [0.2, 0.25) is 0 Å². The van der Waals surface area contributed by atoms with Crippen molar-refractivity contribution in [2.75, 3.05) is 26.3 Å². The predicted octanol–water partition coefficient (Wildman–Crippen LogP) is 1.83. The van der Waals surface area contributed by atoms with Crippen LogP contribution in [-0.2, 0) is 17.7 Å². The van der Waals surface area contributed by atoms with E-state index in [9.17, 15) is 0 Å². The van der Waals surface area contributed by atoms with E-state index in [1.807, 2.05) is 13.8 Å². The van der Waals surface area contributed by atoms with Gasteiger partial charge in [-0.1, -0.05) is 5.16 Å². The zero-order chi connectivity index (χ0) is 15.2. The first-order valence-corrected chi connectivity index (χ1v) is 8.51. The zero-order valence-corrected chi connectivity index (χ0v) is 13.7. The van der Waals surface area contributed by atoms with E-state index >= 15 is 0 Å². The van der Waals surface area contributed by atoms with E-state index in [1.165, 1.54) is 5.01 Å². The largest absolute Gasteiger partial charge is 0.380 e. The van der Waals surface area contributed by atoms with Crippen molar-refractivity contribution in [1.29, 1.82) is 0 Å². The molecule has 0 bridgehead atoms. The molecular formula is C15H20N4O2S. The summed E-state index contributed by atoms with van der Waals surface area (Å²) in [6.45, 7) is 8.53. The van der Waals surface area contributed by atoms with Crippen molar-refractivity contribution in [3.05, 3.63) is 27.8 Å². The first kappa shape index (κ1) is 14.3. The van der Waals surface area contributed by atoms with Gasteiger partial charge in [-0.25, -0.2) is 4.98 Å². The van der Waals surface area contributed by atoms with E-state index in [1.54, 1.807) is 11.3 Å². The lowest BCUT2D eigenvalue weighted by atomic mass is 9.78. The summed E-state index contributed by atoms with van der Waals surface area (Å²) in [6, 6.07) is 0. The maximum atomic E-state index is 5.77. The minimum Gasteiger partial charge on any atom is -0.380 e. The maximum absolute atomic E-state index is 5.77. The number of aromatic nitrogens is 3. The molecule has 2 fully saturated rings. The smallest absolute Gasteiger partial charge is 0.227 e. The Morgan fingerprint density at radius 1 is 1.41 bits per heavy atom. The van der Waals surface area contributed by atoms with Crippen LogP contribution in [0.5, 0.6) is 0 Å². The summed E-state index contributed by atoms with van der Waals surface area (Å²) in [5.41, 5.74) is 1.23. The molecule has 2 aromatic rings. The molecule has 0 spiro atoms. The second-order valence-corrected chi connectivity index (χ2v) is 7.48. The highest BCUT2D eigenvalue weighted by molar-refractivity contribution is 7.09. The lowest BCUT2D eigenvalue weighted by Gasteiger charge is -2.25. The number of likely N-dealkylation sites (tertiary alicyclic amines) is 1. The van der Waals surface area contributed by atoms with Gasteiger partial charge in [-0.15, -0.1) is 11.3 Å². The molecule has 2 aliphatic heterocycles. The average molecular weight is 320 g/mol. The number of hydrogen-bond donors (Lipinski definition) is 0. The molecule has 0 amide bonds. The van der Waals surface area contributed by atoms with Crippen molar-refractivity contribution in [3.8, 4) is 0 Å². The number of hydrogen-bond acceptors (Lipinski definition) is 7. The maximum Gasteiger partial charge on any atom is 0.227 e. The van der Waals surface area contributed by atoms with Gasteiger partial charge in [0.2, 0.25) is 5.89 Å². The van der Waals surface area contributed by atoms with Gasteiger partial charge in [0.25, 0.3) is 0 Å². The van der Waals surface area contributed by atoms with Gasteiger partial charge in [0.15, 0.2) is 5.82 Å². The summed E-state index contributed by atoms with van der Waals surface area (Å²) in [6.07, 6.45) is 0.811. The highest BCUT2D eigenvalue weighted by Crippen LogP contribution is 2.44. The molecule has 0 N–H and O–H groups in total. The van der Waals surface area contributed by atoms with Crippen molar-refractivity contribution in [3.63, 3.8) is 0 Å². The molecule has 0 aliphatic carbocycles. The lowest BCUT2D eigenvalue weighted by Crippen LogP contribution is -2.33. The molecule has 4 heterocycles. The fourth-order valence-electron chi connectivity index (χ4n) is 3.69. The monoisotopic (exact) mass is 320 g/mol. The van der Waals surface area contributed by atoms with Crippen molar-refractivity contribution in [1.82, 2.24) is 20.0 Å². The average Bonchev–Trinajstić information content (AvgIpc) is 3.17. The molecule has 118 valence electrons. The number of ether oxygens (including phenoxy) is 1. The normalized spacial score (nSPS) is 28.4. The van der Waals surface area contributed by atoms with Crippen molar-refractivity contribution < 1.29 is 9.26 Å². The molecule has 7 heteroatoms. The van der Waals surface area contributed by atoms with E-state index in [0.29, 0.717) is 11.7 Å². The molecule has 2 aromatic heterocycles. The summed E-state index contributed by atoms with van der Waals surface area (Å²) in [5, 5.41) is 7.22. The first-order chi connectivity index (χ1) is 10.6. The third kappa shape index (κ3) is 2.57. The number of thiazole rings is 1. The Morgan fingerprint density at radius 2 is 2.32 bits per heavy atom. The van der Waals surface area contributed by atoms with E-state index < -0.39 is 0 Å². The highest BCUT2D eigenvalue weighted by atomic mass is 32.1. The van der Waals surface area contributed by atoms with Gasteiger partial charge >= 0.3 is 0 Å². The molecule has 2 saturated heterocycles. The van der Waals surface area contributed by atoms with Gasteiger partial charge in [-0.05, 0) is 13.8 Å². The summed E-state index contributed by atoms with van der Waals surface area (Å²) in [5.74, 6) is 1.98. The van der Waals surface area contributed by atoms with Crippen LogP contribution in [0.25, 0.3) is 0 Å². The molecule has 0 unspecified atom stereocenters. The van der Waals surface area contributed by atoms with Gasteiger partial charge in [0.1, 0.15) is 5.01 Å². The minimum atomic E-state index is 0.116. The Morgan fingerprint density at radius 3 is 3.05 bits per heavy atom. The SMILES string of the molecule is Cc1csc(CN2C[C@H]3COC[C@@]3(Cc3nc(C)no3)C2)n1. The number of rotatable bonds is 4. The Hall–Kier alpha value is -1.31. The van der Waals surface area contributed by atoms with Crippen LogP contribution in [0.3, 0.4) is 0 Å². The van der Waals surface area contributed by atoms with Crippen LogP contribution in [0.4, 0.5) is 0 Å². The van der Waals surface area contributed by atoms with Crippen LogP contribution < -0.4 is 0 Å². The quantitative estimate of drug-likeness (QED) is 0.856. The van der Waals surface area contributed by atoms with E-state index in [2.05, 4.69) is 25.4 Å². The highest BCUT2D eigenvalue weighted by Gasteiger charge is 2.51. The molecule has 4 rings (SSSR count). The first-order valence-electron chi connectivity index (χ1n) is 7.63. The molecule has 6 nitrogen and oxygen atoms in total. The summed E-state index contributed by atoms with van der Waals surface area (Å²) in [4.78, 5) is 11.5. The van der Waals surface area contributed by atoms with Crippen molar-refractivity contribution in [2.24, 2.45) is 11.3 Å². The zero-order valence-electron chi connectivity index (χ0n) is 12.9. The summed E-state index contributed by atoms with van der Waals surface area (Å²) < 4.78 is 11.1. The number of fused-ring (bicyclic) bond motifs is 1. The van der Waals surface area contributed by atoms with Crippen molar-refractivity contribution in [2.45, 2.75) is 26.8 Å². The van der Waals surface area contributed by atoms with Gasteiger partial charge in [-0.2, -0.15) is 4.98 Å². The van der Waals surface area contributed by atoms with Gasteiger partial charge in [-0.3, -0.25) is 4.90 Å². The molecule has 2 aliphatic rings. The van der Waals surface area contributed by atoms with Crippen LogP contribution in [-0.4, -0.2) is 46.3 Å². The molecule has 22 heavy (non-hydrogen) atoms. The van der Waals surface area contributed by atoms with Gasteiger partial charge < -0.3 is 9.26 Å². The Balaban J connectivity index is 1.49. The van der Waals surface area contributed by atoms with Crippen LogP contribution >= 0.6 is 11.3 Å². The number of nitrogens with zero attached hydrogens (tertiary/aromatic N) is 4. The van der Waals surface area contributed by atoms with Gasteiger partial charge in [0.05, 0.1) is 19.8 Å². The van der Waals surface area contributed by atoms with E-state index in [0.717, 1.165) is 50.9 Å². The third-order valence-corrected chi connectivity index (χ3v) is 5.64. The Labute approximate surface area is 133 Å². The standard InChI is InChI=1S/C15H20N4O2S/c1-10-7-22-14(16-10)5-19-4-12-6-20-9-15(12,8-19)3-13-17-11(2)18-21-13/h7,12H,3-6,8-9H2,1-2H3/t12-,15+/m0/s1. The summed E-state index contributed by atoms with van der Waals surface area (Å²) in [7, 11) is 0. The topological polar surface area (TPSA) is 64.3 Å². The van der Waals surface area contributed by atoms with E-state index in [-0.39, 0.29) is 5.41 Å². The van der Waals surface area contributed by atoms with Crippen LogP contribution in [0, 0.1) is 25.2 Å². The number of aryl methyl sites for hydroxylation is 2. The molecular weight excluding hydrogens is 300 g/mol. The Bertz CT molecular complexity index is 670. The second-order valence-electron chi connectivity index (χ2n) is 6.54. The van der Waals surface area contributed by atoms with Crippen LogP contribution in [0.1, 0.15) is 22.4 Å².